The zero-order valence-corrected chi connectivity index (χ0v) is 58.0. The predicted octanol–water partition coefficient (Wildman–Crippen LogP) is 16.1. The average Bonchev–Trinajstić information content (AvgIpc) is 1.53. The molecule has 0 aliphatic carbocycles. The third-order valence-corrected chi connectivity index (χ3v) is 16.2. The van der Waals surface area contributed by atoms with E-state index in [4.69, 9.17) is 56.8 Å². The SMILES string of the molecule is C=C(CC[C@@]12O[C@H](C(=O)OC(C)(C)C)[C@@](OCCCCCCCCCCCOc3ccccc3)(C(=O)OC(C)(C)C)[C@@](C(=O)OC(C)(C)C)(O1)[C@H](OCCCCCCCCCCCOc1ccccc1)[C@H]2OC(C)(C)OC)C(OC(C)=O)C(C)Cc1ccccc1. The molecule has 0 N–H and O–H groups in total. The third kappa shape index (κ3) is 24.2. The molecule has 91 heavy (non-hydrogen) atoms. The van der Waals surface area contributed by atoms with Gasteiger partial charge < -0.3 is 56.8 Å². The molecule has 3 aromatic carbocycles. The Morgan fingerprint density at radius 2 is 0.978 bits per heavy atom. The number of esters is 4. The molecule has 8 atom stereocenters. The maximum Gasteiger partial charge on any atom is 0.346 e. The Hall–Kier alpha value is -5.36. The molecule has 5 rings (SSSR count). The molecular formula is C75H114O16. The molecule has 0 radical (unpaired) electrons. The molecule has 0 amide bonds. The van der Waals surface area contributed by atoms with E-state index in [-0.39, 0.29) is 32.0 Å². The summed E-state index contributed by atoms with van der Waals surface area (Å²) in [5, 5.41) is 0. The zero-order chi connectivity index (χ0) is 66.8. The van der Waals surface area contributed by atoms with E-state index in [1.807, 2.05) is 97.9 Å². The first-order chi connectivity index (χ1) is 43.1. The fourth-order valence-corrected chi connectivity index (χ4v) is 11.8. The molecule has 16 heteroatoms. The Labute approximate surface area is 546 Å². The van der Waals surface area contributed by atoms with E-state index in [1.54, 1.807) is 76.2 Å². The van der Waals surface area contributed by atoms with Crippen LogP contribution in [-0.2, 0) is 73.0 Å². The molecule has 0 spiro atoms. The molecule has 2 heterocycles. The van der Waals surface area contributed by atoms with Crippen molar-refractivity contribution in [1.82, 2.24) is 0 Å². The van der Waals surface area contributed by atoms with Gasteiger partial charge in [0.25, 0.3) is 0 Å². The number of carbonyl (C=O) groups is 4. The fourth-order valence-electron chi connectivity index (χ4n) is 11.8. The second kappa shape index (κ2) is 36.3. The summed E-state index contributed by atoms with van der Waals surface area (Å²) in [5.74, 6) is -5.81. The first kappa shape index (κ1) is 76.4. The van der Waals surface area contributed by atoms with Gasteiger partial charge in [-0.15, -0.1) is 0 Å². The van der Waals surface area contributed by atoms with Crippen LogP contribution in [0.4, 0.5) is 0 Å². The van der Waals surface area contributed by atoms with E-state index in [9.17, 15) is 4.79 Å². The first-order valence-corrected chi connectivity index (χ1v) is 33.9. The normalized spacial score (nSPS) is 21.5. The molecule has 2 aliphatic heterocycles. The highest BCUT2D eigenvalue weighted by Crippen LogP contribution is 2.60. The van der Waals surface area contributed by atoms with Gasteiger partial charge in [0.15, 0.2) is 5.79 Å². The van der Waals surface area contributed by atoms with Gasteiger partial charge in [-0.05, 0) is 150 Å². The van der Waals surface area contributed by atoms with Crippen molar-refractivity contribution >= 4 is 23.9 Å². The predicted molar refractivity (Wildman–Crippen MR) is 354 cm³/mol. The molecule has 3 aromatic rings. The van der Waals surface area contributed by atoms with Crippen LogP contribution in [0, 0.1) is 5.92 Å². The smallest absolute Gasteiger partial charge is 0.346 e. The van der Waals surface area contributed by atoms with Gasteiger partial charge in [-0.25, -0.2) is 14.4 Å². The van der Waals surface area contributed by atoms with Gasteiger partial charge in [0, 0.05) is 39.6 Å². The number of hydrogen-bond donors (Lipinski definition) is 0. The summed E-state index contributed by atoms with van der Waals surface area (Å²) >= 11 is 0. The van der Waals surface area contributed by atoms with Crippen molar-refractivity contribution in [1.29, 1.82) is 0 Å². The van der Waals surface area contributed by atoms with E-state index in [0.717, 1.165) is 113 Å². The van der Waals surface area contributed by atoms with E-state index in [1.165, 1.54) is 14.0 Å². The highest BCUT2D eigenvalue weighted by atomic mass is 16.8. The van der Waals surface area contributed by atoms with Gasteiger partial charge >= 0.3 is 23.9 Å². The highest BCUT2D eigenvalue weighted by Gasteiger charge is 2.87. The fraction of sp³-hybridized carbons (Fsp3) is 0.680. The van der Waals surface area contributed by atoms with Crippen molar-refractivity contribution in [2.75, 3.05) is 33.5 Å². The van der Waals surface area contributed by atoms with Crippen LogP contribution in [-0.4, -0.2) is 121 Å². The Balaban J connectivity index is 1.53. The monoisotopic (exact) mass is 1270 g/mol. The minimum absolute atomic E-state index is 0.0347. The standard InChI is InChI=1S/C75H114O16/c1-56(62(85-58(3)76)57(2)55-59-43-33-30-34-44-59)49-50-73-63(86-72(13,14)80-15)64(83-53-41-28-24-20-16-18-22-26-39-51-81-60-45-35-31-36-46-60)75(91-73,68(79)90-71(10,11)12)74(67(78)89-70(7,8)9,65(87-73)66(77)88-69(4,5)6)84-54-42-29-25-21-17-19-23-27-40-52-82-61-47-37-32-38-48-61/h30-38,43-48,57,62-65H,1,16-29,39-42,49-55H2,2-15H3/t57?,62?,63-,64-,65-,73-,74-,75-/m1/s1. The minimum Gasteiger partial charge on any atom is -0.494 e. The molecule has 2 fully saturated rings. The minimum atomic E-state index is -2.81. The van der Waals surface area contributed by atoms with Crippen molar-refractivity contribution in [3.8, 4) is 11.5 Å². The summed E-state index contributed by atoms with van der Waals surface area (Å²) < 4.78 is 79.2. The summed E-state index contributed by atoms with van der Waals surface area (Å²) in [6.07, 6.45) is 11.3. The van der Waals surface area contributed by atoms with Crippen molar-refractivity contribution in [3.63, 3.8) is 0 Å². The zero-order valence-electron chi connectivity index (χ0n) is 58.0. The summed E-state index contributed by atoms with van der Waals surface area (Å²) in [5.41, 5.74) is -7.57. The van der Waals surface area contributed by atoms with Crippen molar-refractivity contribution in [2.24, 2.45) is 5.92 Å². The van der Waals surface area contributed by atoms with Gasteiger partial charge in [-0.3, -0.25) is 4.79 Å². The van der Waals surface area contributed by atoms with Crippen molar-refractivity contribution < 1.29 is 76.0 Å². The lowest BCUT2D eigenvalue weighted by Gasteiger charge is -2.53. The molecule has 16 nitrogen and oxygen atoms in total. The molecule has 2 aliphatic rings. The van der Waals surface area contributed by atoms with Gasteiger partial charge in [0.2, 0.25) is 23.1 Å². The Morgan fingerprint density at radius 1 is 0.549 bits per heavy atom. The van der Waals surface area contributed by atoms with Crippen molar-refractivity contribution in [2.45, 2.75) is 289 Å². The number of fused-ring (bicyclic) bond motifs is 2. The van der Waals surface area contributed by atoms with Gasteiger partial charge in [-0.1, -0.05) is 170 Å². The number of hydrogen-bond acceptors (Lipinski definition) is 16. The van der Waals surface area contributed by atoms with Crippen LogP contribution in [0.2, 0.25) is 0 Å². The van der Waals surface area contributed by atoms with Gasteiger partial charge in [0.1, 0.15) is 46.6 Å². The summed E-state index contributed by atoms with van der Waals surface area (Å²) in [4.78, 5) is 61.2. The Morgan fingerprint density at radius 3 is 1.43 bits per heavy atom. The molecule has 0 saturated carbocycles. The number of benzene rings is 3. The Kier molecular flexibility index (Phi) is 30.5. The Bertz CT molecular complexity index is 2620. The lowest BCUT2D eigenvalue weighted by Crippen LogP contribution is -2.80. The molecular weight excluding hydrogens is 1160 g/mol. The van der Waals surface area contributed by atoms with Crippen LogP contribution in [0.25, 0.3) is 0 Å². The van der Waals surface area contributed by atoms with Crippen molar-refractivity contribution in [3.05, 3.63) is 109 Å². The number of carbonyl (C=O) groups excluding carboxylic acids is 4. The lowest BCUT2D eigenvalue weighted by atomic mass is 9.73. The number of para-hydroxylation sites is 2. The molecule has 2 saturated heterocycles. The maximum absolute atomic E-state index is 16.4. The topological polar surface area (TPSA) is 179 Å². The van der Waals surface area contributed by atoms with Crippen LogP contribution in [0.5, 0.6) is 11.5 Å². The van der Waals surface area contributed by atoms with E-state index >= 15 is 14.4 Å². The maximum atomic E-state index is 16.4. The second-order valence-corrected chi connectivity index (χ2v) is 28.2. The van der Waals surface area contributed by atoms with E-state index < -0.39 is 87.9 Å². The largest absolute Gasteiger partial charge is 0.494 e. The highest BCUT2D eigenvalue weighted by molar-refractivity contribution is 6.00. The first-order valence-electron chi connectivity index (χ1n) is 33.9. The number of unbranched alkanes of at least 4 members (excludes halogenated alkanes) is 16. The van der Waals surface area contributed by atoms with Crippen LogP contribution in [0.1, 0.15) is 224 Å². The molecule has 2 bridgehead atoms. The quantitative estimate of drug-likeness (QED) is 0.0172. The average molecular weight is 1270 g/mol. The summed E-state index contributed by atoms with van der Waals surface area (Å²) in [6, 6.07) is 29.6. The van der Waals surface area contributed by atoms with E-state index in [0.29, 0.717) is 44.5 Å². The number of methoxy groups -OCH3 is 1. The second-order valence-electron chi connectivity index (χ2n) is 28.2. The summed E-state index contributed by atoms with van der Waals surface area (Å²) in [7, 11) is 1.48. The van der Waals surface area contributed by atoms with Crippen LogP contribution in [0.3, 0.4) is 0 Å². The van der Waals surface area contributed by atoms with Crippen LogP contribution in [0.15, 0.2) is 103 Å². The van der Waals surface area contributed by atoms with Gasteiger partial charge in [0.05, 0.1) is 13.2 Å². The third-order valence-electron chi connectivity index (χ3n) is 16.2. The number of ether oxygens (including phenoxy) is 12. The number of rotatable bonds is 42. The van der Waals surface area contributed by atoms with Crippen LogP contribution >= 0.6 is 0 Å². The van der Waals surface area contributed by atoms with Crippen LogP contribution < -0.4 is 9.47 Å². The van der Waals surface area contributed by atoms with E-state index in [2.05, 4.69) is 6.58 Å². The summed E-state index contributed by atoms with van der Waals surface area (Å²) in [6.45, 7) is 27.8. The van der Waals surface area contributed by atoms with Gasteiger partial charge in [-0.2, -0.15) is 0 Å². The molecule has 510 valence electrons. The molecule has 0 aromatic heterocycles. The lowest BCUT2D eigenvalue weighted by molar-refractivity contribution is -0.393. The molecule has 2 unspecified atom stereocenters.